The van der Waals surface area contributed by atoms with E-state index in [1.807, 2.05) is 12.1 Å². The fraction of sp³-hybridized carbons (Fsp3) is 0.455. The highest BCUT2D eigenvalue weighted by Crippen LogP contribution is 2.49. The number of rotatable bonds is 10. The number of esters is 1. The molecule has 3 aliphatic heterocycles. The maximum atomic E-state index is 14.8. The summed E-state index contributed by atoms with van der Waals surface area (Å²) in [5, 5.41) is 0.307. The van der Waals surface area contributed by atoms with Crippen LogP contribution in [0.1, 0.15) is 55.3 Å². The van der Waals surface area contributed by atoms with E-state index in [9.17, 15) is 17.6 Å². The van der Waals surface area contributed by atoms with Gasteiger partial charge in [0.25, 0.3) is 5.79 Å². The molecular weight excluding hydrogens is 635 g/mol. The van der Waals surface area contributed by atoms with Crippen molar-refractivity contribution in [2.75, 3.05) is 39.0 Å². The molecule has 0 spiro atoms. The molecule has 1 atom stereocenters. The number of para-hydroxylation sites is 1. The summed E-state index contributed by atoms with van der Waals surface area (Å²) in [5.74, 6) is 0.264. The standard InChI is InChI=1S/C33H38ClFN4O6S/c1-4-43-31(40)11-9-25-17-36-30(39(25)20-22-18-38(19-22)46(3,41)42)21-37-14-12-23(13-15-37)26-6-5-7-29-32(26)45-33(2,44-29)27-10-8-24(34)16-28(27)35/h5-11,16-17,22-23H,4,12-15,18-21H2,1-3H3/b11-9+. The lowest BCUT2D eigenvalue weighted by Gasteiger charge is -2.38. The number of carbonyl (C=O) groups excluding carboxylic acids is 1. The Balaban J connectivity index is 1.13. The fourth-order valence-corrected chi connectivity index (χ4v) is 7.57. The van der Waals surface area contributed by atoms with Gasteiger partial charge in [-0.05, 0) is 69.1 Å². The molecule has 1 aromatic heterocycles. The van der Waals surface area contributed by atoms with Crippen molar-refractivity contribution in [1.82, 2.24) is 18.8 Å². The van der Waals surface area contributed by atoms with Crippen molar-refractivity contribution >= 4 is 33.7 Å². The molecule has 4 heterocycles. The predicted molar refractivity (Wildman–Crippen MR) is 172 cm³/mol. The summed E-state index contributed by atoms with van der Waals surface area (Å²) in [6, 6.07) is 10.3. The van der Waals surface area contributed by atoms with E-state index in [0.29, 0.717) is 42.7 Å². The smallest absolute Gasteiger partial charge is 0.330 e. The molecule has 10 nitrogen and oxygen atoms in total. The van der Waals surface area contributed by atoms with Gasteiger partial charge in [-0.15, -0.1) is 0 Å². The summed E-state index contributed by atoms with van der Waals surface area (Å²) in [4.78, 5) is 19.0. The van der Waals surface area contributed by atoms with Gasteiger partial charge in [-0.25, -0.2) is 26.9 Å². The lowest BCUT2D eigenvalue weighted by atomic mass is 9.88. The molecule has 0 saturated carbocycles. The molecule has 246 valence electrons. The van der Waals surface area contributed by atoms with Crippen LogP contribution in [0.5, 0.6) is 11.5 Å². The molecule has 0 bridgehead atoms. The average Bonchev–Trinajstić information content (AvgIpc) is 3.53. The van der Waals surface area contributed by atoms with Crippen molar-refractivity contribution in [2.45, 2.75) is 51.5 Å². The lowest BCUT2D eigenvalue weighted by Crippen LogP contribution is -2.51. The first kappa shape index (κ1) is 32.5. The molecule has 0 radical (unpaired) electrons. The van der Waals surface area contributed by atoms with Crippen LogP contribution in [0.3, 0.4) is 0 Å². The van der Waals surface area contributed by atoms with Crippen LogP contribution in [0.2, 0.25) is 5.02 Å². The molecule has 3 aliphatic rings. The summed E-state index contributed by atoms with van der Waals surface area (Å²) in [7, 11) is -3.22. The zero-order valence-corrected chi connectivity index (χ0v) is 27.7. The second-order valence-corrected chi connectivity index (χ2v) is 14.7. The number of hydrogen-bond acceptors (Lipinski definition) is 8. The predicted octanol–water partition coefficient (Wildman–Crippen LogP) is 5.17. The molecule has 46 heavy (non-hydrogen) atoms. The highest BCUT2D eigenvalue weighted by molar-refractivity contribution is 7.88. The molecule has 13 heteroatoms. The number of likely N-dealkylation sites (tertiary alicyclic amines) is 1. The lowest BCUT2D eigenvalue weighted by molar-refractivity contribution is -0.137. The third-order valence-corrected chi connectivity index (χ3v) is 10.4. The van der Waals surface area contributed by atoms with Gasteiger partial charge >= 0.3 is 5.97 Å². The van der Waals surface area contributed by atoms with Gasteiger partial charge in [0.15, 0.2) is 11.5 Å². The minimum absolute atomic E-state index is 0.151. The van der Waals surface area contributed by atoms with E-state index >= 15 is 0 Å². The number of aromatic nitrogens is 2. The van der Waals surface area contributed by atoms with Gasteiger partial charge in [0, 0.05) is 49.1 Å². The number of piperidine rings is 1. The number of ether oxygens (including phenoxy) is 3. The highest BCUT2D eigenvalue weighted by atomic mass is 35.5. The quantitative estimate of drug-likeness (QED) is 0.215. The number of sulfonamides is 1. The Morgan fingerprint density at radius 1 is 1.20 bits per heavy atom. The van der Waals surface area contributed by atoms with Crippen LogP contribution in [-0.4, -0.2) is 72.2 Å². The Hall–Kier alpha value is -3.45. The van der Waals surface area contributed by atoms with Gasteiger partial charge in [0.2, 0.25) is 10.0 Å². The first-order chi connectivity index (χ1) is 21.9. The van der Waals surface area contributed by atoms with Gasteiger partial charge in [0.05, 0.1) is 36.9 Å². The van der Waals surface area contributed by atoms with Crippen molar-refractivity contribution in [2.24, 2.45) is 5.92 Å². The van der Waals surface area contributed by atoms with E-state index in [1.54, 1.807) is 38.3 Å². The minimum atomic E-state index is -3.22. The van der Waals surface area contributed by atoms with Gasteiger partial charge in [-0.3, -0.25) is 4.90 Å². The van der Waals surface area contributed by atoms with Crippen molar-refractivity contribution in [3.05, 3.63) is 82.2 Å². The number of nitrogens with zero attached hydrogens (tertiary/aromatic N) is 4. The van der Waals surface area contributed by atoms with E-state index in [2.05, 4.69) is 15.5 Å². The Morgan fingerprint density at radius 3 is 2.65 bits per heavy atom. The molecule has 6 rings (SSSR count). The second kappa shape index (κ2) is 13.0. The van der Waals surface area contributed by atoms with E-state index in [1.165, 1.54) is 22.7 Å². The molecule has 2 aromatic carbocycles. The van der Waals surface area contributed by atoms with Crippen LogP contribution in [0.4, 0.5) is 4.39 Å². The molecule has 2 saturated heterocycles. The zero-order chi connectivity index (χ0) is 32.6. The van der Waals surface area contributed by atoms with Crippen molar-refractivity contribution in [3.8, 4) is 11.5 Å². The first-order valence-corrected chi connectivity index (χ1v) is 17.7. The summed E-state index contributed by atoms with van der Waals surface area (Å²) in [6.45, 7) is 7.54. The van der Waals surface area contributed by atoms with Gasteiger partial charge < -0.3 is 18.8 Å². The number of carbonyl (C=O) groups is 1. The zero-order valence-electron chi connectivity index (χ0n) is 26.1. The Morgan fingerprint density at radius 2 is 1.96 bits per heavy atom. The summed E-state index contributed by atoms with van der Waals surface area (Å²) in [6.07, 6.45) is 7.84. The van der Waals surface area contributed by atoms with E-state index in [0.717, 1.165) is 43.0 Å². The summed E-state index contributed by atoms with van der Waals surface area (Å²) in [5.41, 5.74) is 2.10. The Bertz CT molecular complexity index is 1750. The highest BCUT2D eigenvalue weighted by Gasteiger charge is 2.43. The molecule has 1 unspecified atom stereocenters. The van der Waals surface area contributed by atoms with Crippen molar-refractivity contribution in [3.63, 3.8) is 0 Å². The molecular formula is C33H38ClFN4O6S. The van der Waals surface area contributed by atoms with Crippen LogP contribution >= 0.6 is 11.6 Å². The van der Waals surface area contributed by atoms with Crippen LogP contribution in [0.15, 0.2) is 48.7 Å². The topological polar surface area (TPSA) is 103 Å². The molecule has 2 fully saturated rings. The SMILES string of the molecule is CCOC(=O)/C=C/c1cnc(CN2CCC(c3cccc4c3OC(C)(c3ccc(Cl)cc3F)O4)CC2)n1CC1CN(S(C)(=O)=O)C1. The van der Waals surface area contributed by atoms with Crippen LogP contribution < -0.4 is 9.47 Å². The average molecular weight is 673 g/mol. The van der Waals surface area contributed by atoms with E-state index < -0.39 is 27.6 Å². The van der Waals surface area contributed by atoms with Crippen molar-refractivity contribution in [1.29, 1.82) is 0 Å². The maximum Gasteiger partial charge on any atom is 0.330 e. The normalized spacial score (nSPS) is 21.2. The summed E-state index contributed by atoms with van der Waals surface area (Å²) < 4.78 is 59.8. The Labute approximate surface area is 273 Å². The number of halogens is 2. The number of hydrogen-bond donors (Lipinski definition) is 0. The van der Waals surface area contributed by atoms with Crippen LogP contribution in [-0.2, 0) is 38.4 Å². The molecule has 0 amide bonds. The third-order valence-electron chi connectivity index (χ3n) is 8.90. The van der Waals surface area contributed by atoms with E-state index in [4.69, 9.17) is 30.8 Å². The minimum Gasteiger partial charge on any atom is -0.463 e. The molecule has 0 aliphatic carbocycles. The fourth-order valence-electron chi connectivity index (χ4n) is 6.45. The van der Waals surface area contributed by atoms with Gasteiger partial charge in [-0.1, -0.05) is 23.7 Å². The molecule has 3 aromatic rings. The first-order valence-electron chi connectivity index (χ1n) is 15.5. The van der Waals surface area contributed by atoms with Crippen LogP contribution in [0, 0.1) is 11.7 Å². The van der Waals surface area contributed by atoms with Gasteiger partial charge in [0.1, 0.15) is 11.6 Å². The van der Waals surface area contributed by atoms with Gasteiger partial charge in [-0.2, -0.15) is 0 Å². The number of imidazole rings is 1. The maximum absolute atomic E-state index is 14.8. The summed E-state index contributed by atoms with van der Waals surface area (Å²) >= 11 is 5.97. The number of benzene rings is 2. The largest absolute Gasteiger partial charge is 0.463 e. The van der Waals surface area contributed by atoms with E-state index in [-0.39, 0.29) is 24.0 Å². The second-order valence-electron chi connectivity index (χ2n) is 12.2. The van der Waals surface area contributed by atoms with Crippen LogP contribution in [0.25, 0.3) is 6.08 Å². The Kier molecular flexibility index (Phi) is 9.17. The third kappa shape index (κ3) is 6.80. The molecule has 0 N–H and O–H groups in total. The monoisotopic (exact) mass is 672 g/mol. The van der Waals surface area contributed by atoms with Crippen molar-refractivity contribution < 1.29 is 31.8 Å². The number of fused-ring (bicyclic) bond motifs is 1.